The van der Waals surface area contributed by atoms with Crippen LogP contribution in [0.3, 0.4) is 0 Å². The molecule has 0 fully saturated rings. The molecule has 0 nitrogen and oxygen atoms in total. The van der Waals surface area contributed by atoms with Crippen molar-refractivity contribution in [2.24, 2.45) is 0 Å². The molecule has 0 bridgehead atoms. The Balaban J connectivity index is 2.60. The zero-order valence-electron chi connectivity index (χ0n) is 3.42. The first kappa shape index (κ1) is 5.04. The average Bonchev–Trinajstić information content (AvgIpc) is 1.27. The second-order valence-electron chi connectivity index (χ2n) is 1.53. The van der Waals surface area contributed by atoms with Gasteiger partial charge in [0, 0.05) is 5.03 Å². The van der Waals surface area contributed by atoms with Gasteiger partial charge in [0.1, 0.15) is 0 Å². The fourth-order valence-corrected chi connectivity index (χ4v) is 0.763. The molecule has 0 saturated heterocycles. The van der Waals surface area contributed by atoms with E-state index in [1.165, 1.54) is 0 Å². The number of alkyl halides is 2. The van der Waals surface area contributed by atoms with Gasteiger partial charge in [-0.05, 0) is 6.08 Å². The Hall–Kier alpha value is -0.110. The van der Waals surface area contributed by atoms with Crippen LogP contribution in [0.5, 0.6) is 0 Å². The van der Waals surface area contributed by atoms with Crippen molar-refractivity contribution >= 4 is 11.6 Å². The molecule has 1 rings (SSSR count). The lowest BCUT2D eigenvalue weighted by Gasteiger charge is -2.19. The summed E-state index contributed by atoms with van der Waals surface area (Å²) in [4.78, 5) is 0. The van der Waals surface area contributed by atoms with Gasteiger partial charge < -0.3 is 0 Å². The van der Waals surface area contributed by atoms with Gasteiger partial charge in [-0.1, -0.05) is 11.6 Å². The van der Waals surface area contributed by atoms with Crippen LogP contribution in [0.25, 0.3) is 0 Å². The number of hydrogen-bond acceptors (Lipinski definition) is 0. The Morgan fingerprint density at radius 1 is 1.71 bits per heavy atom. The summed E-state index contributed by atoms with van der Waals surface area (Å²) in [6.45, 7) is 0. The average molecular weight is 125 g/mol. The van der Waals surface area contributed by atoms with E-state index in [0.29, 0.717) is 0 Å². The molecule has 0 spiro atoms. The third-order valence-electron chi connectivity index (χ3n) is 0.772. The molecule has 0 aromatic rings. The molecule has 0 aromatic heterocycles. The zero-order valence-corrected chi connectivity index (χ0v) is 4.17. The normalized spacial score (nSPS) is 25.9. The minimum Gasteiger partial charge on any atom is -0.202 e. The van der Waals surface area contributed by atoms with E-state index < -0.39 is 5.92 Å². The van der Waals surface area contributed by atoms with Crippen LogP contribution in [0.2, 0.25) is 0 Å². The van der Waals surface area contributed by atoms with Crippen LogP contribution in [0.1, 0.15) is 6.42 Å². The van der Waals surface area contributed by atoms with Crippen molar-refractivity contribution in [3.63, 3.8) is 0 Å². The van der Waals surface area contributed by atoms with E-state index in [1.54, 1.807) is 0 Å². The summed E-state index contributed by atoms with van der Waals surface area (Å²) in [5.74, 6) is -2.60. The first-order valence-electron chi connectivity index (χ1n) is 1.85. The van der Waals surface area contributed by atoms with E-state index >= 15 is 0 Å². The van der Waals surface area contributed by atoms with Gasteiger partial charge in [0.15, 0.2) is 0 Å². The van der Waals surface area contributed by atoms with Crippen molar-refractivity contribution in [1.29, 1.82) is 0 Å². The Labute approximate surface area is 44.8 Å². The van der Waals surface area contributed by atoms with Gasteiger partial charge in [-0.2, -0.15) is 0 Å². The molecule has 0 saturated carbocycles. The summed E-state index contributed by atoms with van der Waals surface area (Å²) in [5.41, 5.74) is 0. The molecule has 0 atom stereocenters. The van der Waals surface area contributed by atoms with Crippen molar-refractivity contribution < 1.29 is 8.78 Å². The summed E-state index contributed by atoms with van der Waals surface area (Å²) in [6, 6.07) is 0. The molecule has 1 aliphatic carbocycles. The Kier molecular flexibility index (Phi) is 0.854. The van der Waals surface area contributed by atoms with Gasteiger partial charge in [0.05, 0.1) is 6.42 Å². The van der Waals surface area contributed by atoms with Gasteiger partial charge in [0.2, 0.25) is 0 Å². The highest BCUT2D eigenvalue weighted by atomic mass is 35.5. The molecule has 3 heteroatoms. The first-order valence-corrected chi connectivity index (χ1v) is 2.23. The lowest BCUT2D eigenvalue weighted by molar-refractivity contribution is 0.0382. The SMILES string of the molecule is FC1(F)C=C(Cl)C1. The summed E-state index contributed by atoms with van der Waals surface area (Å²) in [7, 11) is 0. The maximum atomic E-state index is 11.6. The van der Waals surface area contributed by atoms with E-state index in [4.69, 9.17) is 11.6 Å². The standard InChI is InChI=1S/C4H3ClF2/c5-3-1-4(6,7)2-3/h1H,2H2. The number of hydrogen-bond donors (Lipinski definition) is 0. The summed E-state index contributed by atoms with van der Waals surface area (Å²) in [5, 5.41) is 0.269. The molecular weight excluding hydrogens is 121 g/mol. The number of rotatable bonds is 0. The highest BCUT2D eigenvalue weighted by Gasteiger charge is 2.35. The highest BCUT2D eigenvalue weighted by Crippen LogP contribution is 2.37. The molecule has 1 aliphatic rings. The second-order valence-corrected chi connectivity index (χ2v) is 2.01. The van der Waals surface area contributed by atoms with Crippen LogP contribution in [-0.2, 0) is 0 Å². The van der Waals surface area contributed by atoms with E-state index in [0.717, 1.165) is 6.08 Å². The molecule has 0 amide bonds. The van der Waals surface area contributed by atoms with Gasteiger partial charge in [-0.25, -0.2) is 8.78 Å². The number of halogens is 3. The topological polar surface area (TPSA) is 0 Å². The van der Waals surface area contributed by atoms with Crippen LogP contribution < -0.4 is 0 Å². The molecule has 40 valence electrons. The molecule has 0 radical (unpaired) electrons. The summed E-state index contributed by atoms with van der Waals surface area (Å²) in [6.07, 6.45) is 0.489. The van der Waals surface area contributed by atoms with Crippen LogP contribution in [0, 0.1) is 0 Å². The fourth-order valence-electron chi connectivity index (χ4n) is 0.425. The maximum absolute atomic E-state index is 11.6. The maximum Gasteiger partial charge on any atom is 0.272 e. The third kappa shape index (κ3) is 0.911. The van der Waals surface area contributed by atoms with Crippen molar-refractivity contribution in [3.05, 3.63) is 11.1 Å². The van der Waals surface area contributed by atoms with Crippen LogP contribution in [0.4, 0.5) is 8.78 Å². The van der Waals surface area contributed by atoms with Gasteiger partial charge in [0.25, 0.3) is 5.92 Å². The Morgan fingerprint density at radius 2 is 2.14 bits per heavy atom. The Morgan fingerprint density at radius 3 is 2.14 bits per heavy atom. The third-order valence-corrected chi connectivity index (χ3v) is 1.02. The molecule has 0 aliphatic heterocycles. The monoisotopic (exact) mass is 124 g/mol. The largest absolute Gasteiger partial charge is 0.272 e. The summed E-state index contributed by atoms with van der Waals surface area (Å²) < 4.78 is 23.3. The van der Waals surface area contributed by atoms with E-state index in [9.17, 15) is 8.78 Å². The minimum atomic E-state index is -2.60. The predicted octanol–water partition coefficient (Wildman–Crippen LogP) is 2.15. The first-order chi connectivity index (χ1) is 3.10. The molecule has 0 aromatic carbocycles. The minimum absolute atomic E-state index is 0.269. The molecular formula is C4H3ClF2. The highest BCUT2D eigenvalue weighted by molar-refractivity contribution is 6.30. The number of allylic oxidation sites excluding steroid dienone is 2. The lowest BCUT2D eigenvalue weighted by Crippen LogP contribution is -2.20. The van der Waals surface area contributed by atoms with E-state index in [1.807, 2.05) is 0 Å². The molecule has 0 heterocycles. The van der Waals surface area contributed by atoms with Crippen molar-refractivity contribution in [2.45, 2.75) is 12.3 Å². The van der Waals surface area contributed by atoms with Crippen LogP contribution >= 0.6 is 11.6 Å². The van der Waals surface area contributed by atoms with Crippen LogP contribution in [0.15, 0.2) is 11.1 Å². The molecule has 0 unspecified atom stereocenters. The van der Waals surface area contributed by atoms with E-state index in [2.05, 4.69) is 0 Å². The van der Waals surface area contributed by atoms with Crippen molar-refractivity contribution in [2.75, 3.05) is 0 Å². The van der Waals surface area contributed by atoms with Crippen molar-refractivity contribution in [3.8, 4) is 0 Å². The van der Waals surface area contributed by atoms with Crippen molar-refractivity contribution in [1.82, 2.24) is 0 Å². The van der Waals surface area contributed by atoms with Gasteiger partial charge >= 0.3 is 0 Å². The molecule has 0 N–H and O–H groups in total. The zero-order chi connectivity index (χ0) is 5.49. The predicted molar refractivity (Wildman–Crippen MR) is 23.5 cm³/mol. The second kappa shape index (κ2) is 1.19. The van der Waals surface area contributed by atoms with Crippen LogP contribution in [-0.4, -0.2) is 5.92 Å². The van der Waals surface area contributed by atoms with Gasteiger partial charge in [-0.3, -0.25) is 0 Å². The Bertz CT molecular complexity index is 117. The smallest absolute Gasteiger partial charge is 0.202 e. The van der Waals surface area contributed by atoms with E-state index in [-0.39, 0.29) is 11.5 Å². The lowest BCUT2D eigenvalue weighted by atomic mass is 10.1. The quantitative estimate of drug-likeness (QED) is 0.464. The fraction of sp³-hybridized carbons (Fsp3) is 0.500. The molecule has 7 heavy (non-hydrogen) atoms. The summed E-state index contributed by atoms with van der Waals surface area (Å²) >= 11 is 5.11. The van der Waals surface area contributed by atoms with Gasteiger partial charge in [-0.15, -0.1) is 0 Å².